The number of nitrogens with two attached hydrogens (primary N) is 1. The Morgan fingerprint density at radius 1 is 1.33 bits per heavy atom. The Balaban J connectivity index is 2.14. The first kappa shape index (κ1) is 15.0. The van der Waals surface area contributed by atoms with E-state index in [2.05, 4.69) is 5.32 Å². The summed E-state index contributed by atoms with van der Waals surface area (Å²) < 4.78 is 13.3. The second kappa shape index (κ2) is 8.94. The molecule has 0 aromatic heterocycles. The van der Waals surface area contributed by atoms with E-state index in [1.165, 1.54) is 17.8 Å². The smallest absolute Gasteiger partial charge is 0.220 e. The monoisotopic (exact) mass is 270 g/mol. The van der Waals surface area contributed by atoms with Crippen molar-refractivity contribution >= 4 is 17.7 Å². The van der Waals surface area contributed by atoms with Crippen molar-refractivity contribution in [1.82, 2.24) is 5.32 Å². The van der Waals surface area contributed by atoms with Crippen molar-refractivity contribution in [2.45, 2.75) is 24.2 Å². The molecule has 0 heterocycles. The molecule has 0 aliphatic rings. The zero-order chi connectivity index (χ0) is 13.2. The van der Waals surface area contributed by atoms with E-state index in [-0.39, 0.29) is 11.7 Å². The summed E-state index contributed by atoms with van der Waals surface area (Å²) in [4.78, 5) is 12.0. The Labute approximate surface area is 111 Å². The van der Waals surface area contributed by atoms with Crippen LogP contribution in [0.1, 0.15) is 19.3 Å². The number of thioether (sulfide) groups is 1. The van der Waals surface area contributed by atoms with Gasteiger partial charge in [-0.25, -0.2) is 4.39 Å². The molecule has 0 atom stereocenters. The molecule has 18 heavy (non-hydrogen) atoms. The van der Waals surface area contributed by atoms with Gasteiger partial charge in [-0.05, 0) is 31.5 Å². The van der Waals surface area contributed by atoms with Crippen LogP contribution < -0.4 is 11.1 Å². The molecule has 1 rings (SSSR count). The van der Waals surface area contributed by atoms with Crippen LogP contribution in [0.4, 0.5) is 4.39 Å². The van der Waals surface area contributed by atoms with Gasteiger partial charge in [0.05, 0.1) is 0 Å². The fourth-order valence-corrected chi connectivity index (χ4v) is 2.29. The minimum atomic E-state index is -0.231. The van der Waals surface area contributed by atoms with Crippen LogP contribution in [0.15, 0.2) is 29.2 Å². The normalized spacial score (nSPS) is 10.3. The van der Waals surface area contributed by atoms with Crippen LogP contribution in [0.3, 0.4) is 0 Å². The van der Waals surface area contributed by atoms with Gasteiger partial charge >= 0.3 is 0 Å². The molecule has 0 radical (unpaired) electrons. The zero-order valence-corrected chi connectivity index (χ0v) is 11.1. The fourth-order valence-electron chi connectivity index (χ4n) is 1.40. The van der Waals surface area contributed by atoms with Crippen LogP contribution in [-0.2, 0) is 4.79 Å². The second-order valence-electron chi connectivity index (χ2n) is 3.87. The molecule has 0 bridgehead atoms. The van der Waals surface area contributed by atoms with E-state index in [0.717, 1.165) is 12.8 Å². The summed E-state index contributed by atoms with van der Waals surface area (Å²) in [6.45, 7) is 1.32. The Morgan fingerprint density at radius 3 is 2.83 bits per heavy atom. The highest BCUT2D eigenvalue weighted by molar-refractivity contribution is 7.99. The molecule has 0 fully saturated rings. The van der Waals surface area contributed by atoms with Crippen LogP contribution in [0.5, 0.6) is 0 Å². The van der Waals surface area contributed by atoms with Gasteiger partial charge < -0.3 is 11.1 Å². The topological polar surface area (TPSA) is 55.1 Å². The van der Waals surface area contributed by atoms with E-state index in [9.17, 15) is 9.18 Å². The first-order chi connectivity index (χ1) is 8.74. The third-order valence-electron chi connectivity index (χ3n) is 2.38. The number of hydrogen-bond acceptors (Lipinski definition) is 3. The van der Waals surface area contributed by atoms with Crippen molar-refractivity contribution in [3.63, 3.8) is 0 Å². The summed E-state index contributed by atoms with van der Waals surface area (Å²) in [7, 11) is 0. The van der Waals surface area contributed by atoms with Gasteiger partial charge in [0, 0.05) is 23.6 Å². The molecule has 1 aromatic carbocycles. The molecular formula is C13H19FN2OS. The second-order valence-corrected chi connectivity index (χ2v) is 5.01. The van der Waals surface area contributed by atoms with Gasteiger partial charge in [-0.3, -0.25) is 4.79 Å². The number of rotatable bonds is 8. The highest BCUT2D eigenvalue weighted by Gasteiger charge is 2.04. The first-order valence-electron chi connectivity index (χ1n) is 6.08. The summed E-state index contributed by atoms with van der Waals surface area (Å²) in [6.07, 6.45) is 2.23. The van der Waals surface area contributed by atoms with E-state index in [4.69, 9.17) is 5.73 Å². The van der Waals surface area contributed by atoms with Crippen LogP contribution in [0, 0.1) is 5.82 Å². The minimum absolute atomic E-state index is 0.0101. The van der Waals surface area contributed by atoms with Gasteiger partial charge in [0.15, 0.2) is 0 Å². The SMILES string of the molecule is NCCCCNC(=O)CCSc1ccccc1F. The maximum Gasteiger partial charge on any atom is 0.220 e. The fraction of sp³-hybridized carbons (Fsp3) is 0.462. The number of carbonyl (C=O) groups is 1. The van der Waals surface area contributed by atoms with E-state index < -0.39 is 0 Å². The lowest BCUT2D eigenvalue weighted by atomic mass is 10.3. The quantitative estimate of drug-likeness (QED) is 0.562. The Hall–Kier alpha value is -1.07. The van der Waals surface area contributed by atoms with Crippen LogP contribution in [0.2, 0.25) is 0 Å². The lowest BCUT2D eigenvalue weighted by molar-refractivity contribution is -0.120. The summed E-state index contributed by atoms with van der Waals surface area (Å²) in [6, 6.07) is 6.59. The molecule has 0 aliphatic carbocycles. The first-order valence-corrected chi connectivity index (χ1v) is 7.06. The molecule has 3 N–H and O–H groups in total. The summed E-state index contributed by atoms with van der Waals surface area (Å²) in [5.74, 6) is 0.366. The number of unbranched alkanes of at least 4 members (excludes halogenated alkanes) is 1. The number of amides is 1. The van der Waals surface area contributed by atoms with Gasteiger partial charge in [-0.15, -0.1) is 11.8 Å². The third kappa shape index (κ3) is 6.02. The molecule has 0 unspecified atom stereocenters. The van der Waals surface area contributed by atoms with E-state index >= 15 is 0 Å². The van der Waals surface area contributed by atoms with Crippen molar-refractivity contribution in [2.75, 3.05) is 18.8 Å². The lowest BCUT2D eigenvalue weighted by Gasteiger charge is -2.05. The average molecular weight is 270 g/mol. The molecule has 1 amide bonds. The highest BCUT2D eigenvalue weighted by Crippen LogP contribution is 2.21. The minimum Gasteiger partial charge on any atom is -0.356 e. The maximum atomic E-state index is 13.3. The third-order valence-corrected chi connectivity index (χ3v) is 3.43. The number of halogens is 1. The van der Waals surface area contributed by atoms with E-state index in [1.54, 1.807) is 18.2 Å². The number of carbonyl (C=O) groups excluding carboxylic acids is 1. The average Bonchev–Trinajstić information content (AvgIpc) is 2.37. The van der Waals surface area contributed by atoms with Crippen LogP contribution in [0.25, 0.3) is 0 Å². The van der Waals surface area contributed by atoms with Crippen molar-refractivity contribution < 1.29 is 9.18 Å². The molecular weight excluding hydrogens is 251 g/mol. The van der Waals surface area contributed by atoms with Gasteiger partial charge in [-0.2, -0.15) is 0 Å². The van der Waals surface area contributed by atoms with Crippen LogP contribution >= 0.6 is 11.8 Å². The van der Waals surface area contributed by atoms with Crippen LogP contribution in [-0.4, -0.2) is 24.7 Å². The Bertz CT molecular complexity index is 374. The van der Waals surface area contributed by atoms with Crippen molar-refractivity contribution in [2.24, 2.45) is 5.73 Å². The molecule has 0 spiro atoms. The molecule has 0 saturated heterocycles. The summed E-state index contributed by atoms with van der Waals surface area (Å²) >= 11 is 1.36. The number of nitrogens with one attached hydrogen (secondary N) is 1. The number of hydrogen-bond donors (Lipinski definition) is 2. The number of benzene rings is 1. The van der Waals surface area contributed by atoms with Gasteiger partial charge in [0.1, 0.15) is 5.82 Å². The van der Waals surface area contributed by atoms with Crippen molar-refractivity contribution in [3.05, 3.63) is 30.1 Å². The highest BCUT2D eigenvalue weighted by atomic mass is 32.2. The van der Waals surface area contributed by atoms with Gasteiger partial charge in [0.25, 0.3) is 0 Å². The van der Waals surface area contributed by atoms with Gasteiger partial charge in [-0.1, -0.05) is 12.1 Å². The molecule has 3 nitrogen and oxygen atoms in total. The zero-order valence-electron chi connectivity index (χ0n) is 10.3. The Kier molecular flexibility index (Phi) is 7.44. The van der Waals surface area contributed by atoms with E-state index in [1.807, 2.05) is 0 Å². The Morgan fingerprint density at radius 2 is 2.11 bits per heavy atom. The summed E-state index contributed by atoms with van der Waals surface area (Å²) in [5, 5.41) is 2.82. The molecule has 1 aromatic rings. The molecule has 5 heteroatoms. The van der Waals surface area contributed by atoms with Gasteiger partial charge in [0.2, 0.25) is 5.91 Å². The standard InChI is InChI=1S/C13H19FN2OS/c14-11-5-1-2-6-12(11)18-10-7-13(17)16-9-4-3-8-15/h1-2,5-6H,3-4,7-10,15H2,(H,16,17). The van der Waals surface area contributed by atoms with Crippen molar-refractivity contribution in [1.29, 1.82) is 0 Å². The van der Waals surface area contributed by atoms with E-state index in [0.29, 0.717) is 30.2 Å². The molecule has 0 saturated carbocycles. The predicted molar refractivity (Wildman–Crippen MR) is 73.0 cm³/mol. The molecule has 100 valence electrons. The maximum absolute atomic E-state index is 13.3. The summed E-state index contributed by atoms with van der Waals surface area (Å²) in [5.41, 5.74) is 5.35. The molecule has 0 aliphatic heterocycles. The largest absolute Gasteiger partial charge is 0.356 e. The predicted octanol–water partition coefficient (Wildman–Crippen LogP) is 2.16. The lowest BCUT2D eigenvalue weighted by Crippen LogP contribution is -2.25. The van der Waals surface area contributed by atoms with Crippen molar-refractivity contribution in [3.8, 4) is 0 Å².